The number of likely N-dealkylation sites (tertiary alicyclic amines) is 1. The zero-order valence-electron chi connectivity index (χ0n) is 20.8. The van der Waals surface area contributed by atoms with Crippen LogP contribution in [0.3, 0.4) is 0 Å². The number of guanidine groups is 1. The van der Waals surface area contributed by atoms with Gasteiger partial charge in [-0.25, -0.2) is 0 Å². The van der Waals surface area contributed by atoms with E-state index in [0.29, 0.717) is 31.8 Å². The maximum absolute atomic E-state index is 13.8. The van der Waals surface area contributed by atoms with Crippen LogP contribution in [0.1, 0.15) is 44.6 Å². The third-order valence-corrected chi connectivity index (χ3v) is 7.14. The lowest BCUT2D eigenvalue weighted by Crippen LogP contribution is -2.46. The van der Waals surface area contributed by atoms with E-state index in [-0.39, 0.29) is 30.3 Å². The van der Waals surface area contributed by atoms with Crippen molar-refractivity contribution >= 4 is 31.1 Å². The molecule has 2 heterocycles. The van der Waals surface area contributed by atoms with Gasteiger partial charge in [0.1, 0.15) is 19.1 Å². The van der Waals surface area contributed by atoms with E-state index in [1.54, 1.807) is 4.90 Å². The predicted octanol–water partition coefficient (Wildman–Crippen LogP) is 2.01. The Bertz CT molecular complexity index is 1060. The second-order valence-electron chi connectivity index (χ2n) is 9.69. The van der Waals surface area contributed by atoms with Gasteiger partial charge in [-0.05, 0) is 42.9 Å². The van der Waals surface area contributed by atoms with Gasteiger partial charge >= 0.3 is 0 Å². The van der Waals surface area contributed by atoms with E-state index in [9.17, 15) is 9.59 Å². The fourth-order valence-electron chi connectivity index (χ4n) is 5.07. The summed E-state index contributed by atoms with van der Waals surface area (Å²) in [5.41, 5.74) is 1.16. The van der Waals surface area contributed by atoms with Gasteiger partial charge in [-0.2, -0.15) is 0 Å². The Morgan fingerprint density at radius 3 is 2.60 bits per heavy atom. The lowest BCUT2D eigenvalue weighted by Gasteiger charge is -2.34. The number of para-hydroxylation sites is 1. The topological polar surface area (TPSA) is 85.7 Å². The van der Waals surface area contributed by atoms with Crippen molar-refractivity contribution in [3.05, 3.63) is 60.2 Å². The monoisotopic (exact) mass is 474 g/mol. The van der Waals surface area contributed by atoms with E-state index in [4.69, 9.17) is 10.1 Å². The zero-order chi connectivity index (χ0) is 24.8. The number of nitrogens with zero attached hydrogens (tertiary/aromatic N) is 2. The fraction of sp³-hybridized carbons (Fsp3) is 0.444. The molecule has 4 rings (SSSR count). The zero-order valence-corrected chi connectivity index (χ0v) is 20.8. The Morgan fingerprint density at radius 1 is 1.17 bits per heavy atom. The third-order valence-electron chi connectivity index (χ3n) is 7.14. The second-order valence-corrected chi connectivity index (χ2v) is 9.69. The number of piperidine rings is 1. The van der Waals surface area contributed by atoms with Crippen LogP contribution in [0.5, 0.6) is 5.75 Å². The summed E-state index contributed by atoms with van der Waals surface area (Å²) < 4.78 is 5.61. The summed E-state index contributed by atoms with van der Waals surface area (Å²) in [4.78, 5) is 29.8. The summed E-state index contributed by atoms with van der Waals surface area (Å²) in [6.07, 6.45) is 4.16. The number of rotatable bonds is 9. The van der Waals surface area contributed by atoms with Crippen LogP contribution in [0.25, 0.3) is 0 Å². The van der Waals surface area contributed by atoms with Crippen LogP contribution in [0.15, 0.2) is 54.6 Å². The molecular formula is C27H35BN4O3. The molecule has 1 atom stereocenters. The summed E-state index contributed by atoms with van der Waals surface area (Å²) in [5, 5.41) is 11.9. The Labute approximate surface area is 208 Å². The van der Waals surface area contributed by atoms with Crippen LogP contribution in [-0.2, 0) is 15.1 Å². The molecule has 184 valence electrons. The summed E-state index contributed by atoms with van der Waals surface area (Å²) in [6.45, 7) is 3.94. The van der Waals surface area contributed by atoms with Gasteiger partial charge in [0, 0.05) is 19.6 Å². The molecule has 2 aromatic rings. The first kappa shape index (κ1) is 24.8. The lowest BCUT2D eigenvalue weighted by atomic mass is 9.81. The van der Waals surface area contributed by atoms with Crippen molar-refractivity contribution in [3.8, 4) is 5.75 Å². The minimum absolute atomic E-state index is 0.0167. The molecule has 0 bridgehead atoms. The molecule has 2 saturated heterocycles. The Hall–Kier alpha value is -3.29. The first-order valence-corrected chi connectivity index (χ1v) is 12.6. The number of hydrogen-bond donors (Lipinski definition) is 2. The van der Waals surface area contributed by atoms with Gasteiger partial charge in [0.2, 0.25) is 0 Å². The smallest absolute Gasteiger partial charge is 0.260 e. The molecular weight excluding hydrogens is 439 g/mol. The maximum atomic E-state index is 13.8. The number of hydrogen-bond acceptors (Lipinski definition) is 4. The summed E-state index contributed by atoms with van der Waals surface area (Å²) >= 11 is 0. The quantitative estimate of drug-likeness (QED) is 0.545. The van der Waals surface area contributed by atoms with Crippen molar-refractivity contribution in [3.63, 3.8) is 0 Å². The fourth-order valence-corrected chi connectivity index (χ4v) is 5.07. The summed E-state index contributed by atoms with van der Waals surface area (Å²) in [7, 11) is 2.03. The van der Waals surface area contributed by atoms with E-state index in [0.717, 1.165) is 36.7 Å². The molecule has 2 aliphatic rings. The van der Waals surface area contributed by atoms with E-state index in [1.807, 2.05) is 61.3 Å². The summed E-state index contributed by atoms with van der Waals surface area (Å²) in [6, 6.07) is 17.4. The molecule has 0 aliphatic carbocycles. The van der Waals surface area contributed by atoms with Crippen LogP contribution in [0, 0.1) is 11.3 Å². The van der Waals surface area contributed by atoms with Gasteiger partial charge in [0.25, 0.3) is 11.8 Å². The molecule has 0 spiro atoms. The van der Waals surface area contributed by atoms with E-state index in [2.05, 4.69) is 18.3 Å². The average molecular weight is 474 g/mol. The maximum Gasteiger partial charge on any atom is 0.260 e. The van der Waals surface area contributed by atoms with Crippen LogP contribution < -0.4 is 15.5 Å². The highest BCUT2D eigenvalue weighted by Crippen LogP contribution is 2.34. The van der Waals surface area contributed by atoms with Crippen molar-refractivity contribution in [2.75, 3.05) is 26.2 Å². The number of ether oxygens (including phenoxy) is 1. The van der Waals surface area contributed by atoms with Gasteiger partial charge in [0.15, 0.2) is 12.6 Å². The average Bonchev–Trinajstić information content (AvgIpc) is 3.12. The Balaban J connectivity index is 1.36. The molecule has 2 aliphatic heterocycles. The first-order chi connectivity index (χ1) is 16.9. The molecule has 0 saturated carbocycles. The Kier molecular flexibility index (Phi) is 7.78. The number of unbranched alkanes of at least 4 members (excludes halogenated alkanes) is 1. The SMILES string of the molecule is Bc1cccc(C2(CCCC)NC(=N)N(CC3CCN(C(=O)COc4ccccc4)CC3)C2=O)c1. The van der Waals surface area contributed by atoms with E-state index >= 15 is 0 Å². The van der Waals surface area contributed by atoms with Crippen molar-refractivity contribution in [2.45, 2.75) is 44.6 Å². The van der Waals surface area contributed by atoms with Gasteiger partial charge in [-0.1, -0.05) is 67.7 Å². The molecule has 2 amide bonds. The third kappa shape index (κ3) is 5.52. The van der Waals surface area contributed by atoms with Crippen molar-refractivity contribution < 1.29 is 14.3 Å². The van der Waals surface area contributed by atoms with Crippen molar-refractivity contribution in [1.82, 2.24) is 15.1 Å². The number of carbonyl (C=O) groups excluding carboxylic acids is 2. The Morgan fingerprint density at radius 2 is 1.91 bits per heavy atom. The van der Waals surface area contributed by atoms with Crippen molar-refractivity contribution in [2.24, 2.45) is 5.92 Å². The van der Waals surface area contributed by atoms with Gasteiger partial charge in [-0.15, -0.1) is 0 Å². The molecule has 2 aromatic carbocycles. The lowest BCUT2D eigenvalue weighted by molar-refractivity contribution is -0.136. The normalized spacial score (nSPS) is 20.7. The predicted molar refractivity (Wildman–Crippen MR) is 140 cm³/mol. The highest BCUT2D eigenvalue weighted by molar-refractivity contribution is 6.32. The standard InChI is InChI=1S/C27H35BN4O3/c1-2-3-14-27(21-8-7-9-22(28)17-21)25(34)32(26(29)30-27)18-20-12-15-31(16-13-20)24(33)19-35-23-10-5-4-6-11-23/h4-11,17,20H,2-3,12-16,18-19,28H2,1H3,(H2,29,30). The number of carbonyl (C=O) groups is 2. The molecule has 1 unspecified atom stereocenters. The first-order valence-electron chi connectivity index (χ1n) is 12.6. The van der Waals surface area contributed by atoms with Gasteiger partial charge < -0.3 is 15.0 Å². The van der Waals surface area contributed by atoms with Crippen LogP contribution in [0.4, 0.5) is 0 Å². The molecule has 7 nitrogen and oxygen atoms in total. The number of amides is 2. The van der Waals surface area contributed by atoms with E-state index < -0.39 is 5.54 Å². The molecule has 35 heavy (non-hydrogen) atoms. The molecule has 2 fully saturated rings. The highest BCUT2D eigenvalue weighted by atomic mass is 16.5. The second kappa shape index (κ2) is 11.0. The minimum atomic E-state index is -0.870. The molecule has 2 N–H and O–H groups in total. The number of nitrogens with one attached hydrogen (secondary N) is 2. The molecule has 0 radical (unpaired) electrons. The molecule has 0 aromatic heterocycles. The highest BCUT2D eigenvalue weighted by Gasteiger charge is 2.50. The minimum Gasteiger partial charge on any atom is -0.484 e. The van der Waals surface area contributed by atoms with Crippen LogP contribution >= 0.6 is 0 Å². The number of benzene rings is 2. The van der Waals surface area contributed by atoms with Crippen LogP contribution in [-0.4, -0.2) is 61.7 Å². The van der Waals surface area contributed by atoms with E-state index in [1.165, 1.54) is 0 Å². The van der Waals surface area contributed by atoms with Gasteiger partial charge in [-0.3, -0.25) is 19.9 Å². The van der Waals surface area contributed by atoms with Crippen molar-refractivity contribution in [1.29, 1.82) is 5.41 Å². The van der Waals surface area contributed by atoms with Gasteiger partial charge in [0.05, 0.1) is 0 Å². The molecule has 8 heteroatoms. The largest absolute Gasteiger partial charge is 0.484 e. The van der Waals surface area contributed by atoms with Crippen LogP contribution in [0.2, 0.25) is 0 Å². The summed E-state index contributed by atoms with van der Waals surface area (Å²) in [5.74, 6) is 1.07.